The molecule has 4 heteroatoms. The second-order valence-electron chi connectivity index (χ2n) is 7.04. The van der Waals surface area contributed by atoms with Crippen LogP contribution in [0.25, 0.3) is 0 Å². The van der Waals surface area contributed by atoms with Gasteiger partial charge >= 0.3 is 0 Å². The Bertz CT molecular complexity index is 800. The number of ether oxygens (including phenoxy) is 3. The van der Waals surface area contributed by atoms with E-state index in [4.69, 9.17) is 14.2 Å². The van der Waals surface area contributed by atoms with Crippen molar-refractivity contribution in [3.8, 4) is 11.5 Å². The van der Waals surface area contributed by atoms with Crippen LogP contribution in [0.3, 0.4) is 0 Å². The highest BCUT2D eigenvalue weighted by Crippen LogP contribution is 2.50. The first kappa shape index (κ1) is 17.9. The Kier molecular flexibility index (Phi) is 5.35. The summed E-state index contributed by atoms with van der Waals surface area (Å²) in [5.41, 5.74) is 3.82. The van der Waals surface area contributed by atoms with E-state index in [1.54, 1.807) is 7.11 Å². The van der Waals surface area contributed by atoms with Gasteiger partial charge in [-0.2, -0.15) is 0 Å². The Balaban J connectivity index is 1.56. The molecule has 3 unspecified atom stereocenters. The number of nitrogens with one attached hydrogen (secondary N) is 1. The van der Waals surface area contributed by atoms with E-state index in [1.165, 1.54) is 16.8 Å². The third-order valence-electron chi connectivity index (χ3n) is 5.51. The van der Waals surface area contributed by atoms with E-state index >= 15 is 0 Å². The molecule has 0 spiro atoms. The normalized spacial score (nSPS) is 22.7. The lowest BCUT2D eigenvalue weighted by Crippen LogP contribution is -2.29. The van der Waals surface area contributed by atoms with Crippen molar-refractivity contribution in [2.24, 2.45) is 5.92 Å². The Morgan fingerprint density at radius 3 is 2.63 bits per heavy atom. The molecule has 0 aromatic heterocycles. The zero-order valence-electron chi connectivity index (χ0n) is 16.0. The summed E-state index contributed by atoms with van der Waals surface area (Å²) in [6.45, 7) is 3.92. The molecule has 1 heterocycles. The molecule has 2 aromatic carbocycles. The van der Waals surface area contributed by atoms with Crippen LogP contribution in [0, 0.1) is 5.92 Å². The van der Waals surface area contributed by atoms with Gasteiger partial charge in [0.1, 0.15) is 18.1 Å². The van der Waals surface area contributed by atoms with Crippen LogP contribution in [0.5, 0.6) is 11.5 Å². The van der Waals surface area contributed by atoms with Crippen LogP contribution in [-0.2, 0) is 4.74 Å². The summed E-state index contributed by atoms with van der Waals surface area (Å²) in [7, 11) is 1.70. The monoisotopic (exact) mass is 365 g/mol. The quantitative estimate of drug-likeness (QED) is 0.557. The van der Waals surface area contributed by atoms with E-state index in [2.05, 4.69) is 41.7 Å². The first-order chi connectivity index (χ1) is 13.3. The standard InChI is InChI=1S/C23H27NO3/c1-3-26-13-14-27-18-11-12-22-21(15-18)19-5-4-6-20(19)23(24-22)16-7-9-17(25-2)10-8-16/h4-5,7-12,15,19-20,23-24H,3,6,13-14H2,1-2H3. The molecule has 4 nitrogen and oxygen atoms in total. The lowest BCUT2D eigenvalue weighted by Gasteiger charge is -2.37. The third kappa shape index (κ3) is 3.67. The molecule has 27 heavy (non-hydrogen) atoms. The van der Waals surface area contributed by atoms with Crippen LogP contribution >= 0.6 is 0 Å². The molecular formula is C23H27NO3. The predicted molar refractivity (Wildman–Crippen MR) is 108 cm³/mol. The number of hydrogen-bond donors (Lipinski definition) is 1. The van der Waals surface area contributed by atoms with Gasteiger partial charge in [0, 0.05) is 18.2 Å². The van der Waals surface area contributed by atoms with Crippen molar-refractivity contribution >= 4 is 5.69 Å². The highest BCUT2D eigenvalue weighted by molar-refractivity contribution is 5.61. The highest BCUT2D eigenvalue weighted by atomic mass is 16.5. The van der Waals surface area contributed by atoms with E-state index < -0.39 is 0 Å². The van der Waals surface area contributed by atoms with Crippen molar-refractivity contribution < 1.29 is 14.2 Å². The van der Waals surface area contributed by atoms with Gasteiger partial charge in [0.25, 0.3) is 0 Å². The number of rotatable bonds is 7. The van der Waals surface area contributed by atoms with Crippen molar-refractivity contribution in [3.05, 3.63) is 65.7 Å². The van der Waals surface area contributed by atoms with Gasteiger partial charge in [-0.25, -0.2) is 0 Å². The van der Waals surface area contributed by atoms with E-state index in [1.807, 2.05) is 25.1 Å². The molecule has 0 bridgehead atoms. The fourth-order valence-corrected chi connectivity index (χ4v) is 4.17. The van der Waals surface area contributed by atoms with E-state index in [0.29, 0.717) is 31.1 Å². The van der Waals surface area contributed by atoms with Gasteiger partial charge in [-0.1, -0.05) is 24.3 Å². The predicted octanol–water partition coefficient (Wildman–Crippen LogP) is 4.94. The molecule has 0 saturated heterocycles. The molecule has 2 aromatic rings. The van der Waals surface area contributed by atoms with Gasteiger partial charge in [-0.05, 0) is 60.7 Å². The van der Waals surface area contributed by atoms with Crippen LogP contribution in [0.1, 0.15) is 36.4 Å². The average Bonchev–Trinajstić information content (AvgIpc) is 3.21. The number of fused-ring (bicyclic) bond motifs is 3. The summed E-state index contributed by atoms with van der Waals surface area (Å²) in [6, 6.07) is 15.1. The molecule has 0 amide bonds. The summed E-state index contributed by atoms with van der Waals surface area (Å²) in [4.78, 5) is 0. The van der Waals surface area contributed by atoms with Crippen LogP contribution in [0.2, 0.25) is 0 Å². The number of anilines is 1. The van der Waals surface area contributed by atoms with Crippen LogP contribution < -0.4 is 14.8 Å². The van der Waals surface area contributed by atoms with E-state index in [0.717, 1.165) is 24.5 Å². The van der Waals surface area contributed by atoms with Crippen LogP contribution in [0.15, 0.2) is 54.6 Å². The molecule has 1 N–H and O–H groups in total. The molecular weight excluding hydrogens is 338 g/mol. The molecule has 4 rings (SSSR count). The molecule has 2 aliphatic rings. The van der Waals surface area contributed by atoms with E-state index in [9.17, 15) is 0 Å². The van der Waals surface area contributed by atoms with Crippen molar-refractivity contribution in [2.75, 3.05) is 32.2 Å². The fraction of sp³-hybridized carbons (Fsp3) is 0.391. The molecule has 1 aliphatic heterocycles. The summed E-state index contributed by atoms with van der Waals surface area (Å²) < 4.78 is 16.5. The molecule has 0 fully saturated rings. The molecule has 3 atom stereocenters. The average molecular weight is 365 g/mol. The van der Waals surface area contributed by atoms with Gasteiger partial charge in [-0.3, -0.25) is 0 Å². The largest absolute Gasteiger partial charge is 0.497 e. The summed E-state index contributed by atoms with van der Waals surface area (Å²) in [6.07, 6.45) is 5.75. The summed E-state index contributed by atoms with van der Waals surface area (Å²) in [5.74, 6) is 2.75. The Morgan fingerprint density at radius 2 is 1.85 bits per heavy atom. The third-order valence-corrected chi connectivity index (χ3v) is 5.51. The maximum absolute atomic E-state index is 5.87. The highest BCUT2D eigenvalue weighted by Gasteiger charge is 2.38. The Morgan fingerprint density at radius 1 is 1.04 bits per heavy atom. The van der Waals surface area contributed by atoms with Crippen LogP contribution in [0.4, 0.5) is 5.69 Å². The van der Waals surface area contributed by atoms with Gasteiger partial charge in [0.2, 0.25) is 0 Å². The molecule has 1 aliphatic carbocycles. The zero-order valence-corrected chi connectivity index (χ0v) is 16.0. The number of hydrogen-bond acceptors (Lipinski definition) is 4. The van der Waals surface area contributed by atoms with Crippen molar-refractivity contribution in [1.29, 1.82) is 0 Å². The minimum atomic E-state index is 0.299. The fourth-order valence-electron chi connectivity index (χ4n) is 4.17. The second kappa shape index (κ2) is 8.05. The number of benzene rings is 2. The van der Waals surface area contributed by atoms with Gasteiger partial charge in [0.15, 0.2) is 0 Å². The maximum Gasteiger partial charge on any atom is 0.119 e. The Labute approximate surface area is 161 Å². The smallest absolute Gasteiger partial charge is 0.119 e. The van der Waals surface area contributed by atoms with Gasteiger partial charge in [0.05, 0.1) is 19.8 Å². The van der Waals surface area contributed by atoms with Gasteiger partial charge < -0.3 is 19.5 Å². The van der Waals surface area contributed by atoms with Crippen molar-refractivity contribution in [2.45, 2.75) is 25.3 Å². The summed E-state index contributed by atoms with van der Waals surface area (Å²) in [5, 5.41) is 3.76. The SMILES string of the molecule is CCOCCOc1ccc2c(c1)C1C=CCC1C(c1ccc(OC)cc1)N2. The lowest BCUT2D eigenvalue weighted by atomic mass is 9.77. The molecule has 0 radical (unpaired) electrons. The second-order valence-corrected chi connectivity index (χ2v) is 7.04. The minimum Gasteiger partial charge on any atom is -0.497 e. The maximum atomic E-state index is 5.87. The Hall–Kier alpha value is -2.46. The summed E-state index contributed by atoms with van der Waals surface area (Å²) >= 11 is 0. The van der Waals surface area contributed by atoms with Crippen molar-refractivity contribution in [3.63, 3.8) is 0 Å². The van der Waals surface area contributed by atoms with E-state index in [-0.39, 0.29) is 0 Å². The molecule has 0 saturated carbocycles. The number of allylic oxidation sites excluding steroid dienone is 2. The first-order valence-electron chi connectivity index (χ1n) is 9.71. The zero-order chi connectivity index (χ0) is 18.6. The van der Waals surface area contributed by atoms with Crippen molar-refractivity contribution in [1.82, 2.24) is 0 Å². The lowest BCUT2D eigenvalue weighted by molar-refractivity contribution is 0.110. The first-order valence-corrected chi connectivity index (χ1v) is 9.71. The van der Waals surface area contributed by atoms with Gasteiger partial charge in [-0.15, -0.1) is 0 Å². The van der Waals surface area contributed by atoms with Crippen LogP contribution in [-0.4, -0.2) is 26.9 Å². The minimum absolute atomic E-state index is 0.299. The topological polar surface area (TPSA) is 39.7 Å². The molecule has 142 valence electrons. The number of methoxy groups -OCH3 is 1.